The van der Waals surface area contributed by atoms with Gasteiger partial charge in [0.15, 0.2) is 0 Å². The Bertz CT molecular complexity index is 985. The topological polar surface area (TPSA) is 74.2 Å². The molecule has 8 heteroatoms. The van der Waals surface area contributed by atoms with Crippen LogP contribution < -0.4 is 10.6 Å². The third kappa shape index (κ3) is 5.92. The minimum absolute atomic E-state index is 0.0524. The van der Waals surface area contributed by atoms with E-state index in [1.807, 2.05) is 0 Å². The maximum atomic E-state index is 14.1. The number of amides is 1. The Morgan fingerprint density at radius 3 is 2.45 bits per heavy atom. The predicted molar refractivity (Wildman–Crippen MR) is 117 cm³/mol. The highest BCUT2D eigenvalue weighted by Crippen LogP contribution is 2.46. The summed E-state index contributed by atoms with van der Waals surface area (Å²) >= 11 is 6.28. The van der Waals surface area contributed by atoms with Crippen LogP contribution in [0, 0.1) is 17.0 Å². The van der Waals surface area contributed by atoms with E-state index >= 15 is 0 Å². The van der Waals surface area contributed by atoms with Crippen molar-refractivity contribution >= 4 is 23.3 Å². The van der Waals surface area contributed by atoms with Gasteiger partial charge < -0.3 is 15.7 Å². The van der Waals surface area contributed by atoms with Crippen LogP contribution in [0.3, 0.4) is 0 Å². The summed E-state index contributed by atoms with van der Waals surface area (Å²) in [5, 5.41) is 17.4. The van der Waals surface area contributed by atoms with E-state index in [2.05, 4.69) is 36.4 Å². The summed E-state index contributed by atoms with van der Waals surface area (Å²) in [6, 6.07) is 6.34. The minimum Gasteiger partial charge on any atom is -0.385 e. The number of hydrogen-bond acceptors (Lipinski definition) is 4. The molecule has 1 aromatic heterocycles. The molecule has 31 heavy (non-hydrogen) atoms. The molecule has 1 atom stereocenters. The van der Waals surface area contributed by atoms with Crippen LogP contribution in [0.4, 0.5) is 14.6 Å². The van der Waals surface area contributed by atoms with Crippen molar-refractivity contribution in [2.45, 2.75) is 58.1 Å². The monoisotopic (exact) mass is 451 g/mol. The number of benzene rings is 1. The largest absolute Gasteiger partial charge is 0.385 e. The maximum absolute atomic E-state index is 14.1. The second kappa shape index (κ2) is 8.36. The predicted octanol–water partition coefficient (Wildman–Crippen LogP) is 4.87. The Morgan fingerprint density at radius 1 is 1.19 bits per heavy atom. The van der Waals surface area contributed by atoms with Gasteiger partial charge in [0.2, 0.25) is 5.91 Å². The molecule has 168 valence electrons. The quantitative estimate of drug-likeness (QED) is 0.561. The van der Waals surface area contributed by atoms with Gasteiger partial charge in [-0.3, -0.25) is 4.79 Å². The molecular formula is C23H28ClF2N3O2. The molecule has 0 radical (unpaired) electrons. The van der Waals surface area contributed by atoms with E-state index in [9.17, 15) is 18.7 Å². The van der Waals surface area contributed by atoms with Crippen molar-refractivity contribution in [2.75, 3.05) is 11.9 Å². The molecule has 1 saturated carbocycles. The van der Waals surface area contributed by atoms with Gasteiger partial charge in [-0.1, -0.05) is 38.4 Å². The van der Waals surface area contributed by atoms with Crippen molar-refractivity contribution in [3.8, 4) is 0 Å². The minimum atomic E-state index is -1.79. The lowest BCUT2D eigenvalue weighted by Gasteiger charge is -2.26. The Morgan fingerprint density at radius 2 is 1.87 bits per heavy atom. The van der Waals surface area contributed by atoms with Crippen molar-refractivity contribution < 1.29 is 18.7 Å². The van der Waals surface area contributed by atoms with E-state index in [4.69, 9.17) is 11.6 Å². The molecule has 1 aromatic carbocycles. The van der Waals surface area contributed by atoms with E-state index in [-0.39, 0.29) is 17.4 Å². The summed E-state index contributed by atoms with van der Waals surface area (Å²) in [5.74, 6) is -1.48. The zero-order valence-corrected chi connectivity index (χ0v) is 18.9. The zero-order chi connectivity index (χ0) is 23.0. The molecule has 0 aliphatic heterocycles. The molecule has 1 heterocycles. The Kier molecular flexibility index (Phi) is 6.31. The van der Waals surface area contributed by atoms with Crippen LogP contribution >= 0.6 is 11.6 Å². The van der Waals surface area contributed by atoms with Crippen molar-refractivity contribution in [1.82, 2.24) is 10.3 Å². The summed E-state index contributed by atoms with van der Waals surface area (Å²) in [7, 11) is 0. The molecule has 3 rings (SSSR count). The number of nitrogens with one attached hydrogen (secondary N) is 2. The normalized spacial score (nSPS) is 17.0. The van der Waals surface area contributed by atoms with Gasteiger partial charge in [0.05, 0.1) is 23.3 Å². The molecule has 0 spiro atoms. The highest BCUT2D eigenvalue weighted by Gasteiger charge is 2.48. The van der Waals surface area contributed by atoms with Crippen LogP contribution in [-0.4, -0.2) is 22.5 Å². The molecule has 0 bridgehead atoms. The van der Waals surface area contributed by atoms with Crippen molar-refractivity contribution in [3.63, 3.8) is 0 Å². The number of anilines is 1. The number of rotatable bonds is 7. The summed E-state index contributed by atoms with van der Waals surface area (Å²) < 4.78 is 27.3. The number of pyridine rings is 1. The molecule has 3 N–H and O–H groups in total. The van der Waals surface area contributed by atoms with Crippen LogP contribution in [0.15, 0.2) is 30.3 Å². The number of aliphatic hydroxyl groups is 1. The summed E-state index contributed by atoms with van der Waals surface area (Å²) in [6.07, 6.45) is 0.975. The first-order valence-electron chi connectivity index (χ1n) is 10.2. The molecule has 5 nitrogen and oxygen atoms in total. The lowest BCUT2D eigenvalue weighted by molar-refractivity contribution is -0.127. The third-order valence-electron chi connectivity index (χ3n) is 5.23. The molecule has 2 aromatic rings. The van der Waals surface area contributed by atoms with E-state index in [0.717, 1.165) is 12.1 Å². The summed E-state index contributed by atoms with van der Waals surface area (Å²) in [4.78, 5) is 17.4. The van der Waals surface area contributed by atoms with Gasteiger partial charge in [-0.2, -0.15) is 0 Å². The van der Waals surface area contributed by atoms with Gasteiger partial charge >= 0.3 is 0 Å². The lowest BCUT2D eigenvalue weighted by atomic mass is 9.91. The van der Waals surface area contributed by atoms with Crippen molar-refractivity contribution in [3.05, 3.63) is 58.2 Å². The molecule has 1 fully saturated rings. The number of carbonyl (C=O) groups excluding carboxylic acids is 1. The summed E-state index contributed by atoms with van der Waals surface area (Å²) in [5.41, 5.74) is -1.91. The van der Waals surface area contributed by atoms with Gasteiger partial charge in [0.25, 0.3) is 0 Å². The zero-order valence-electron chi connectivity index (χ0n) is 18.2. The third-order valence-corrected chi connectivity index (χ3v) is 5.44. The van der Waals surface area contributed by atoms with E-state index < -0.39 is 28.7 Å². The highest BCUT2D eigenvalue weighted by atomic mass is 35.5. The Labute approximate surface area is 186 Å². The number of halogens is 3. The Balaban J connectivity index is 1.73. The van der Waals surface area contributed by atoms with Crippen molar-refractivity contribution in [1.29, 1.82) is 0 Å². The number of nitrogens with zero attached hydrogens (tertiary/aromatic N) is 1. The first kappa shape index (κ1) is 23.4. The first-order chi connectivity index (χ1) is 14.3. The fourth-order valence-corrected chi connectivity index (χ4v) is 3.61. The number of carbonyl (C=O) groups is 1. The van der Waals surface area contributed by atoms with Crippen LogP contribution in [0.1, 0.15) is 58.2 Å². The fraction of sp³-hybridized carbons (Fsp3) is 0.478. The van der Waals surface area contributed by atoms with Crippen LogP contribution in [0.5, 0.6) is 0 Å². The fourth-order valence-electron chi connectivity index (χ4n) is 3.40. The van der Waals surface area contributed by atoms with Gasteiger partial charge in [-0.15, -0.1) is 0 Å². The highest BCUT2D eigenvalue weighted by molar-refractivity contribution is 6.30. The number of hydrogen-bond donors (Lipinski definition) is 3. The first-order valence-corrected chi connectivity index (χ1v) is 10.6. The molecular weight excluding hydrogens is 424 g/mol. The molecule has 1 amide bonds. The SMILES string of the molecule is CC(C)(C)CNc1cc(Cl)cc(C2(NC(=O)C[C@](C)(O)c3ccc(F)cc3F)CC2)n1. The number of aromatic nitrogens is 1. The summed E-state index contributed by atoms with van der Waals surface area (Å²) in [6.45, 7) is 8.33. The van der Waals surface area contributed by atoms with E-state index in [0.29, 0.717) is 42.0 Å². The van der Waals surface area contributed by atoms with E-state index in [1.54, 1.807) is 12.1 Å². The van der Waals surface area contributed by atoms with Gasteiger partial charge in [-0.05, 0) is 43.4 Å². The Hall–Kier alpha value is -2.25. The van der Waals surface area contributed by atoms with Crippen LogP contribution in [0.25, 0.3) is 0 Å². The van der Waals surface area contributed by atoms with Crippen molar-refractivity contribution in [2.24, 2.45) is 5.41 Å². The van der Waals surface area contributed by atoms with Gasteiger partial charge in [0, 0.05) is 23.2 Å². The molecule has 1 aliphatic rings. The smallest absolute Gasteiger partial charge is 0.223 e. The van der Waals surface area contributed by atoms with Gasteiger partial charge in [-0.25, -0.2) is 13.8 Å². The molecule has 1 aliphatic carbocycles. The lowest BCUT2D eigenvalue weighted by Crippen LogP contribution is -2.39. The molecule has 0 saturated heterocycles. The second-order valence-corrected chi connectivity index (χ2v) is 10.1. The van der Waals surface area contributed by atoms with Crippen LogP contribution in [-0.2, 0) is 15.9 Å². The second-order valence-electron chi connectivity index (χ2n) is 9.68. The van der Waals surface area contributed by atoms with E-state index in [1.165, 1.54) is 6.92 Å². The molecule has 0 unspecified atom stereocenters. The average molecular weight is 452 g/mol. The van der Waals surface area contributed by atoms with Gasteiger partial charge in [0.1, 0.15) is 17.5 Å². The maximum Gasteiger partial charge on any atom is 0.223 e. The standard InChI is InChI=1S/C23H28ClF2N3O2/c1-21(2,3)13-27-19-10-14(24)9-18(28-19)23(7-8-23)29-20(30)12-22(4,31)16-6-5-15(25)11-17(16)26/h5-6,9-11,31H,7-8,12-13H2,1-4H3,(H,27,28)(H,29,30)/t22-/m0/s1. The average Bonchev–Trinajstić information content (AvgIpc) is 3.38. The van der Waals surface area contributed by atoms with Crippen LogP contribution in [0.2, 0.25) is 5.02 Å².